The van der Waals surface area contributed by atoms with Crippen molar-refractivity contribution in [1.82, 2.24) is 4.90 Å². The van der Waals surface area contributed by atoms with Gasteiger partial charge in [0.15, 0.2) is 0 Å². The molecule has 94 valence electrons. The van der Waals surface area contributed by atoms with E-state index in [-0.39, 0.29) is 5.91 Å². The van der Waals surface area contributed by atoms with Gasteiger partial charge in [0.25, 0.3) is 0 Å². The molecule has 1 amide bonds. The molecule has 1 atom stereocenters. The van der Waals surface area contributed by atoms with E-state index in [0.29, 0.717) is 19.4 Å². The monoisotopic (exact) mass is 235 g/mol. The lowest BCUT2D eigenvalue weighted by molar-refractivity contribution is -0.131. The van der Waals surface area contributed by atoms with E-state index >= 15 is 0 Å². The van der Waals surface area contributed by atoms with E-state index in [9.17, 15) is 4.79 Å². The minimum absolute atomic E-state index is 0.0763. The quantitative estimate of drug-likeness (QED) is 0.849. The van der Waals surface area contributed by atoms with Crippen molar-refractivity contribution in [1.29, 1.82) is 0 Å². The van der Waals surface area contributed by atoms with Crippen molar-refractivity contribution in [2.24, 2.45) is 0 Å². The van der Waals surface area contributed by atoms with Gasteiger partial charge in [-0.3, -0.25) is 4.79 Å². The molecule has 0 aliphatic rings. The Bertz CT molecular complexity index is 374. The van der Waals surface area contributed by atoms with Gasteiger partial charge < -0.3 is 10.0 Å². The Morgan fingerprint density at radius 2 is 2.18 bits per heavy atom. The van der Waals surface area contributed by atoms with Crippen molar-refractivity contribution in [3.63, 3.8) is 0 Å². The molecule has 0 radical (unpaired) electrons. The summed E-state index contributed by atoms with van der Waals surface area (Å²) in [7, 11) is 1.80. The van der Waals surface area contributed by atoms with E-state index in [0.717, 1.165) is 5.56 Å². The van der Waals surface area contributed by atoms with Crippen LogP contribution in [0, 0.1) is 6.92 Å². The molecule has 0 spiro atoms. The summed E-state index contributed by atoms with van der Waals surface area (Å²) in [5, 5.41) is 9.14. The van der Waals surface area contributed by atoms with Gasteiger partial charge in [0.1, 0.15) is 0 Å². The van der Waals surface area contributed by atoms with Crippen LogP contribution in [-0.4, -0.2) is 29.1 Å². The fourth-order valence-corrected chi connectivity index (χ4v) is 1.70. The van der Waals surface area contributed by atoms with Crippen LogP contribution < -0.4 is 0 Å². The minimum atomic E-state index is -0.411. The van der Waals surface area contributed by atoms with Gasteiger partial charge in [-0.25, -0.2) is 0 Å². The molecule has 1 aromatic carbocycles. The standard InChI is InChI=1S/C14H21NO2/c1-11-5-4-6-13(9-11)10-15(3)14(17)8-7-12(2)16/h4-6,9,12,16H,7-8,10H2,1-3H3. The highest BCUT2D eigenvalue weighted by atomic mass is 16.3. The highest BCUT2D eigenvalue weighted by Crippen LogP contribution is 2.08. The zero-order valence-corrected chi connectivity index (χ0v) is 10.8. The molecule has 0 aliphatic heterocycles. The normalized spacial score (nSPS) is 12.2. The molecule has 0 heterocycles. The molecule has 3 nitrogen and oxygen atoms in total. The maximum atomic E-state index is 11.8. The minimum Gasteiger partial charge on any atom is -0.393 e. The third-order valence-corrected chi connectivity index (χ3v) is 2.70. The van der Waals surface area contributed by atoms with Gasteiger partial charge in [-0.2, -0.15) is 0 Å². The Morgan fingerprint density at radius 1 is 1.47 bits per heavy atom. The van der Waals surface area contributed by atoms with E-state index < -0.39 is 6.10 Å². The fraction of sp³-hybridized carbons (Fsp3) is 0.500. The van der Waals surface area contributed by atoms with Gasteiger partial charge in [0, 0.05) is 20.0 Å². The van der Waals surface area contributed by atoms with Crippen LogP contribution in [-0.2, 0) is 11.3 Å². The van der Waals surface area contributed by atoms with Crippen molar-refractivity contribution >= 4 is 5.91 Å². The maximum Gasteiger partial charge on any atom is 0.222 e. The third kappa shape index (κ3) is 5.00. The van der Waals surface area contributed by atoms with Crippen LogP contribution in [0.5, 0.6) is 0 Å². The largest absolute Gasteiger partial charge is 0.393 e. The molecule has 17 heavy (non-hydrogen) atoms. The van der Waals surface area contributed by atoms with Gasteiger partial charge in [-0.05, 0) is 25.8 Å². The second-order valence-electron chi connectivity index (χ2n) is 4.63. The van der Waals surface area contributed by atoms with Gasteiger partial charge >= 0.3 is 0 Å². The van der Waals surface area contributed by atoms with Crippen LogP contribution in [0.25, 0.3) is 0 Å². The van der Waals surface area contributed by atoms with Crippen LogP contribution >= 0.6 is 0 Å². The molecule has 0 saturated heterocycles. The predicted molar refractivity (Wildman–Crippen MR) is 68.6 cm³/mol. The van der Waals surface area contributed by atoms with Crippen LogP contribution in [0.2, 0.25) is 0 Å². The molecule has 0 aliphatic carbocycles. The Balaban J connectivity index is 2.48. The molecular weight excluding hydrogens is 214 g/mol. The number of rotatable bonds is 5. The number of aryl methyl sites for hydroxylation is 1. The second kappa shape index (κ2) is 6.40. The molecule has 0 aromatic heterocycles. The highest BCUT2D eigenvalue weighted by molar-refractivity contribution is 5.75. The van der Waals surface area contributed by atoms with E-state index in [4.69, 9.17) is 5.11 Å². The summed E-state index contributed by atoms with van der Waals surface area (Å²) < 4.78 is 0. The number of aliphatic hydroxyl groups excluding tert-OH is 1. The number of hydrogen-bond acceptors (Lipinski definition) is 2. The summed E-state index contributed by atoms with van der Waals surface area (Å²) in [4.78, 5) is 13.5. The summed E-state index contributed by atoms with van der Waals surface area (Å²) in [6.45, 7) is 4.37. The number of amides is 1. The topological polar surface area (TPSA) is 40.5 Å². The fourth-order valence-electron chi connectivity index (χ4n) is 1.70. The lowest BCUT2D eigenvalue weighted by Gasteiger charge is -2.18. The lowest BCUT2D eigenvalue weighted by atomic mass is 10.1. The average Bonchev–Trinajstić information content (AvgIpc) is 2.25. The van der Waals surface area contributed by atoms with Gasteiger partial charge in [-0.15, -0.1) is 0 Å². The second-order valence-corrected chi connectivity index (χ2v) is 4.63. The number of hydrogen-bond donors (Lipinski definition) is 1. The van der Waals surface area contributed by atoms with Crippen molar-refractivity contribution in [3.8, 4) is 0 Å². The van der Waals surface area contributed by atoms with Crippen LogP contribution in [0.15, 0.2) is 24.3 Å². The predicted octanol–water partition coefficient (Wildman–Crippen LogP) is 2.11. The smallest absolute Gasteiger partial charge is 0.222 e. The van der Waals surface area contributed by atoms with Crippen LogP contribution in [0.3, 0.4) is 0 Å². The Kier molecular flexibility index (Phi) is 5.16. The number of nitrogens with zero attached hydrogens (tertiary/aromatic N) is 1. The van der Waals surface area contributed by atoms with E-state index in [1.807, 2.05) is 25.1 Å². The van der Waals surface area contributed by atoms with E-state index in [2.05, 4.69) is 6.07 Å². The molecule has 0 saturated carbocycles. The van der Waals surface area contributed by atoms with E-state index in [1.165, 1.54) is 5.56 Å². The van der Waals surface area contributed by atoms with Gasteiger partial charge in [0.2, 0.25) is 5.91 Å². The Morgan fingerprint density at radius 3 is 2.76 bits per heavy atom. The first kappa shape index (κ1) is 13.7. The molecule has 3 heteroatoms. The highest BCUT2D eigenvalue weighted by Gasteiger charge is 2.10. The molecule has 1 aromatic rings. The summed E-state index contributed by atoms with van der Waals surface area (Å²) in [6, 6.07) is 8.14. The molecule has 1 unspecified atom stereocenters. The van der Waals surface area contributed by atoms with Crippen molar-refractivity contribution < 1.29 is 9.90 Å². The SMILES string of the molecule is Cc1cccc(CN(C)C(=O)CCC(C)O)c1. The molecular formula is C14H21NO2. The molecule has 1 rings (SSSR count). The van der Waals surface area contributed by atoms with Gasteiger partial charge in [0.05, 0.1) is 6.10 Å². The van der Waals surface area contributed by atoms with Crippen molar-refractivity contribution in [2.75, 3.05) is 7.05 Å². The van der Waals surface area contributed by atoms with E-state index in [1.54, 1.807) is 18.9 Å². The number of carbonyl (C=O) groups is 1. The first-order valence-electron chi connectivity index (χ1n) is 5.96. The average molecular weight is 235 g/mol. The molecule has 0 fully saturated rings. The zero-order valence-electron chi connectivity index (χ0n) is 10.8. The Hall–Kier alpha value is -1.35. The lowest BCUT2D eigenvalue weighted by Crippen LogP contribution is -2.26. The first-order valence-corrected chi connectivity index (χ1v) is 5.96. The third-order valence-electron chi connectivity index (χ3n) is 2.70. The maximum absolute atomic E-state index is 11.8. The number of aliphatic hydroxyl groups is 1. The molecule has 1 N–H and O–H groups in total. The zero-order chi connectivity index (χ0) is 12.8. The summed E-state index contributed by atoms with van der Waals surface area (Å²) in [5.74, 6) is 0.0763. The van der Waals surface area contributed by atoms with Crippen molar-refractivity contribution in [2.45, 2.75) is 39.3 Å². The summed E-state index contributed by atoms with van der Waals surface area (Å²) >= 11 is 0. The molecule has 0 bridgehead atoms. The summed E-state index contributed by atoms with van der Waals surface area (Å²) in [5.41, 5.74) is 2.34. The first-order chi connectivity index (χ1) is 7.99. The van der Waals surface area contributed by atoms with Crippen LogP contribution in [0.1, 0.15) is 30.9 Å². The number of carbonyl (C=O) groups excluding carboxylic acids is 1. The van der Waals surface area contributed by atoms with Crippen molar-refractivity contribution in [3.05, 3.63) is 35.4 Å². The number of benzene rings is 1. The Labute approximate surface area is 103 Å². The summed E-state index contributed by atoms with van der Waals surface area (Å²) in [6.07, 6.45) is 0.517. The van der Waals surface area contributed by atoms with Gasteiger partial charge in [-0.1, -0.05) is 29.8 Å². The van der Waals surface area contributed by atoms with Crippen LogP contribution in [0.4, 0.5) is 0 Å².